The lowest BCUT2D eigenvalue weighted by molar-refractivity contribution is 0.654. The number of aromatic nitrogens is 4. The minimum atomic E-state index is 0.400. The smallest absolute Gasteiger partial charge is 0.163 e. The molecule has 0 amide bonds. The van der Waals surface area contributed by atoms with Gasteiger partial charge in [0.2, 0.25) is 0 Å². The van der Waals surface area contributed by atoms with Gasteiger partial charge in [0.15, 0.2) is 5.65 Å². The van der Waals surface area contributed by atoms with E-state index in [0.717, 1.165) is 36.2 Å². The zero-order valence-electron chi connectivity index (χ0n) is 12.5. The molecule has 0 saturated carbocycles. The number of benzene rings is 1. The van der Waals surface area contributed by atoms with Crippen LogP contribution in [0.1, 0.15) is 12.0 Å². The van der Waals surface area contributed by atoms with Crippen molar-refractivity contribution < 1.29 is 0 Å². The summed E-state index contributed by atoms with van der Waals surface area (Å²) in [7, 11) is 1.89. The van der Waals surface area contributed by atoms with Crippen molar-refractivity contribution in [3.63, 3.8) is 0 Å². The van der Waals surface area contributed by atoms with Gasteiger partial charge < -0.3 is 10.6 Å². The summed E-state index contributed by atoms with van der Waals surface area (Å²) in [4.78, 5) is 8.61. The van der Waals surface area contributed by atoms with Gasteiger partial charge in [-0.25, -0.2) is 9.97 Å². The normalized spacial score (nSPS) is 17.0. The van der Waals surface area contributed by atoms with Crippen LogP contribution in [0.2, 0.25) is 0 Å². The lowest BCUT2D eigenvalue weighted by atomic mass is 9.98. The maximum atomic E-state index is 4.35. The Bertz CT molecular complexity index is 809. The predicted molar refractivity (Wildman–Crippen MR) is 87.0 cm³/mol. The molecule has 22 heavy (non-hydrogen) atoms. The first-order chi connectivity index (χ1) is 10.8. The molecule has 1 aromatic carbocycles. The highest BCUT2D eigenvalue weighted by atomic mass is 15.3. The van der Waals surface area contributed by atoms with Crippen molar-refractivity contribution in [2.75, 3.05) is 17.2 Å². The molecule has 2 N–H and O–H groups in total. The molecule has 3 aromatic rings. The molecule has 0 aliphatic carbocycles. The first-order valence-electron chi connectivity index (χ1n) is 7.52. The van der Waals surface area contributed by atoms with E-state index < -0.39 is 0 Å². The SMILES string of the molecule is Cn1ncc2c(NC[C@H]3CCc4ccccc4N3)ncnc21. The second kappa shape index (κ2) is 5.29. The van der Waals surface area contributed by atoms with E-state index in [-0.39, 0.29) is 0 Å². The molecule has 112 valence electrons. The minimum absolute atomic E-state index is 0.400. The molecule has 1 aliphatic heterocycles. The van der Waals surface area contributed by atoms with Crippen molar-refractivity contribution in [3.05, 3.63) is 42.4 Å². The topological polar surface area (TPSA) is 67.7 Å². The van der Waals surface area contributed by atoms with Gasteiger partial charge in [-0.3, -0.25) is 4.68 Å². The third-order valence-corrected chi connectivity index (χ3v) is 4.18. The number of nitrogens with one attached hydrogen (secondary N) is 2. The van der Waals surface area contributed by atoms with Gasteiger partial charge in [0.1, 0.15) is 12.1 Å². The Hall–Kier alpha value is -2.63. The van der Waals surface area contributed by atoms with Gasteiger partial charge in [0, 0.05) is 25.3 Å². The lowest BCUT2D eigenvalue weighted by Gasteiger charge is -2.27. The second-order valence-electron chi connectivity index (χ2n) is 5.65. The van der Waals surface area contributed by atoms with Crippen LogP contribution in [0.3, 0.4) is 0 Å². The molecule has 0 saturated heterocycles. The summed E-state index contributed by atoms with van der Waals surface area (Å²) >= 11 is 0. The summed E-state index contributed by atoms with van der Waals surface area (Å²) in [5.74, 6) is 0.846. The molecule has 6 nitrogen and oxygen atoms in total. The van der Waals surface area contributed by atoms with E-state index >= 15 is 0 Å². The maximum absolute atomic E-state index is 4.35. The second-order valence-corrected chi connectivity index (χ2v) is 5.65. The number of anilines is 2. The van der Waals surface area contributed by atoms with Gasteiger partial charge in [0.05, 0.1) is 11.6 Å². The van der Waals surface area contributed by atoms with E-state index in [1.54, 1.807) is 17.2 Å². The van der Waals surface area contributed by atoms with Crippen molar-refractivity contribution in [2.24, 2.45) is 7.05 Å². The molecular formula is C16H18N6. The van der Waals surface area contributed by atoms with Gasteiger partial charge in [-0.1, -0.05) is 18.2 Å². The van der Waals surface area contributed by atoms with Crippen LogP contribution < -0.4 is 10.6 Å². The Balaban J connectivity index is 1.49. The van der Waals surface area contributed by atoms with Crippen LogP contribution in [-0.2, 0) is 13.5 Å². The summed E-state index contributed by atoms with van der Waals surface area (Å²) in [5, 5.41) is 12.2. The van der Waals surface area contributed by atoms with Crippen molar-refractivity contribution in [2.45, 2.75) is 18.9 Å². The molecule has 0 radical (unpaired) electrons. The molecule has 1 aliphatic rings. The first-order valence-corrected chi connectivity index (χ1v) is 7.52. The van der Waals surface area contributed by atoms with Gasteiger partial charge in [-0.05, 0) is 24.5 Å². The summed E-state index contributed by atoms with van der Waals surface area (Å²) in [6.45, 7) is 0.829. The molecule has 0 unspecified atom stereocenters. The van der Waals surface area contributed by atoms with E-state index in [1.807, 2.05) is 7.05 Å². The van der Waals surface area contributed by atoms with Crippen LogP contribution >= 0.6 is 0 Å². The van der Waals surface area contributed by atoms with Crippen LogP contribution in [0.4, 0.5) is 11.5 Å². The fourth-order valence-electron chi connectivity index (χ4n) is 2.98. The van der Waals surface area contributed by atoms with Crippen LogP contribution in [-0.4, -0.2) is 32.3 Å². The largest absolute Gasteiger partial charge is 0.380 e. The Morgan fingerprint density at radius 2 is 2.23 bits per heavy atom. The monoisotopic (exact) mass is 294 g/mol. The summed E-state index contributed by atoms with van der Waals surface area (Å²) in [6.07, 6.45) is 5.62. The first kappa shape index (κ1) is 13.1. The van der Waals surface area contributed by atoms with Crippen LogP contribution in [0.25, 0.3) is 11.0 Å². The molecule has 6 heteroatoms. The highest BCUT2D eigenvalue weighted by molar-refractivity contribution is 5.85. The lowest BCUT2D eigenvalue weighted by Crippen LogP contribution is -2.32. The van der Waals surface area contributed by atoms with Gasteiger partial charge in [-0.2, -0.15) is 5.10 Å². The molecular weight excluding hydrogens is 276 g/mol. The average molecular weight is 294 g/mol. The molecule has 0 fully saturated rings. The molecule has 0 spiro atoms. The number of fused-ring (bicyclic) bond motifs is 2. The summed E-state index contributed by atoms with van der Waals surface area (Å²) in [5.41, 5.74) is 3.49. The van der Waals surface area contributed by atoms with Crippen LogP contribution in [0.15, 0.2) is 36.8 Å². The predicted octanol–water partition coefficient (Wildman–Crippen LogP) is 2.20. The van der Waals surface area contributed by atoms with E-state index in [4.69, 9.17) is 0 Å². The zero-order chi connectivity index (χ0) is 14.9. The van der Waals surface area contributed by atoms with Crippen LogP contribution in [0, 0.1) is 0 Å². The quantitative estimate of drug-likeness (QED) is 0.775. The Morgan fingerprint density at radius 3 is 3.18 bits per heavy atom. The van der Waals surface area contributed by atoms with Crippen molar-refractivity contribution in [1.29, 1.82) is 0 Å². The number of aryl methyl sites for hydroxylation is 2. The molecule has 4 rings (SSSR count). The van der Waals surface area contributed by atoms with Crippen molar-refractivity contribution in [1.82, 2.24) is 19.7 Å². The third kappa shape index (κ3) is 2.26. The van der Waals surface area contributed by atoms with E-state index in [9.17, 15) is 0 Å². The fourth-order valence-corrected chi connectivity index (χ4v) is 2.98. The minimum Gasteiger partial charge on any atom is -0.380 e. The molecule has 2 aromatic heterocycles. The highest BCUT2D eigenvalue weighted by Crippen LogP contribution is 2.25. The van der Waals surface area contributed by atoms with Crippen molar-refractivity contribution >= 4 is 22.5 Å². The molecule has 0 bridgehead atoms. The summed E-state index contributed by atoms with van der Waals surface area (Å²) < 4.78 is 1.76. The number of hydrogen-bond acceptors (Lipinski definition) is 5. The fraction of sp³-hybridized carbons (Fsp3) is 0.312. The Morgan fingerprint density at radius 1 is 1.32 bits per heavy atom. The van der Waals surface area contributed by atoms with E-state index in [0.29, 0.717) is 6.04 Å². The maximum Gasteiger partial charge on any atom is 0.163 e. The van der Waals surface area contributed by atoms with Gasteiger partial charge in [-0.15, -0.1) is 0 Å². The number of nitrogens with zero attached hydrogens (tertiary/aromatic N) is 4. The van der Waals surface area contributed by atoms with Gasteiger partial charge in [0.25, 0.3) is 0 Å². The zero-order valence-corrected chi connectivity index (χ0v) is 12.5. The summed E-state index contributed by atoms with van der Waals surface area (Å²) in [6, 6.07) is 8.91. The van der Waals surface area contributed by atoms with Gasteiger partial charge >= 0.3 is 0 Å². The standard InChI is InChI=1S/C16H18N6/c1-22-16-13(9-20-22)15(18-10-19-16)17-8-12-7-6-11-4-2-3-5-14(11)21-12/h2-5,9-10,12,21H,6-8H2,1H3,(H,17,18,19)/t12-/m1/s1. The van der Waals surface area contributed by atoms with E-state index in [2.05, 4.69) is 50.0 Å². The Kier molecular flexibility index (Phi) is 3.14. The molecule has 1 atom stereocenters. The Labute approximate surface area is 128 Å². The molecule has 3 heterocycles. The van der Waals surface area contributed by atoms with Crippen molar-refractivity contribution in [3.8, 4) is 0 Å². The number of rotatable bonds is 3. The third-order valence-electron chi connectivity index (χ3n) is 4.18. The van der Waals surface area contributed by atoms with Crippen LogP contribution in [0.5, 0.6) is 0 Å². The highest BCUT2D eigenvalue weighted by Gasteiger charge is 2.17. The number of para-hydroxylation sites is 1. The average Bonchev–Trinajstić information content (AvgIpc) is 2.95. The van der Waals surface area contributed by atoms with E-state index in [1.165, 1.54) is 11.3 Å². The number of hydrogen-bond donors (Lipinski definition) is 2.